The largest absolute Gasteiger partial charge is 0.756 e. The van der Waals surface area contributed by atoms with Crippen molar-refractivity contribution in [1.82, 2.24) is 0 Å². The first-order chi connectivity index (χ1) is 30.6. The van der Waals surface area contributed by atoms with Gasteiger partial charge >= 0.3 is 17.9 Å². The summed E-state index contributed by atoms with van der Waals surface area (Å²) >= 11 is 1.20. The number of carboxylic acids is 1. The average molecular weight is 943 g/mol. The second-order valence-corrected chi connectivity index (χ2v) is 19.9. The van der Waals surface area contributed by atoms with Crippen molar-refractivity contribution in [2.75, 3.05) is 53.3 Å². The number of carboxylic acid groups (broad SMARTS) is 1. The van der Waals surface area contributed by atoms with Crippen molar-refractivity contribution >= 4 is 37.5 Å². The molecule has 0 aromatic heterocycles. The molecule has 0 radical (unpaired) electrons. The number of ether oxygens (including phenoxy) is 2. The highest BCUT2D eigenvalue weighted by atomic mass is 32.2. The van der Waals surface area contributed by atoms with Crippen molar-refractivity contribution in [1.29, 1.82) is 0 Å². The lowest BCUT2D eigenvalue weighted by atomic mass is 10.1. The number of nitrogens with two attached hydrogens (primary N) is 1. The summed E-state index contributed by atoms with van der Waals surface area (Å²) in [6, 6.07) is -1.20. The lowest BCUT2D eigenvalue weighted by Gasteiger charge is -2.28. The lowest BCUT2D eigenvalue weighted by molar-refractivity contribution is -0.870. The Kier molecular flexibility index (Phi) is 39.1. The van der Waals surface area contributed by atoms with Gasteiger partial charge in [-0.3, -0.25) is 18.9 Å². The van der Waals surface area contributed by atoms with Crippen molar-refractivity contribution in [2.45, 2.75) is 179 Å². The molecule has 0 aliphatic heterocycles. The van der Waals surface area contributed by atoms with E-state index in [1.165, 1.54) is 69.5 Å². The number of phosphoric ester groups is 1. The summed E-state index contributed by atoms with van der Waals surface area (Å²) in [6.45, 7) is 3.59. The maximum absolute atomic E-state index is 13.2. The molecule has 0 bridgehead atoms. The Morgan fingerprint density at radius 1 is 0.734 bits per heavy atom. The molecule has 4 N–H and O–H groups in total. The van der Waals surface area contributed by atoms with E-state index in [2.05, 4.69) is 38.2 Å². The van der Waals surface area contributed by atoms with Crippen LogP contribution in [-0.2, 0) is 37.5 Å². The number of aliphatic hydroxyl groups is 1. The third kappa shape index (κ3) is 40.9. The molecule has 0 fully saturated rings. The molecule has 1 unspecified atom stereocenters. The van der Waals surface area contributed by atoms with Gasteiger partial charge in [0.05, 0.1) is 33.9 Å². The zero-order valence-corrected chi connectivity index (χ0v) is 41.8. The lowest BCUT2D eigenvalue weighted by Crippen LogP contribution is -2.40. The van der Waals surface area contributed by atoms with Gasteiger partial charge in [-0.05, 0) is 64.2 Å². The number of esters is 2. The number of quaternary nitrogens is 1. The number of hydrogen-bond acceptors (Lipinski definition) is 12. The van der Waals surface area contributed by atoms with Crippen molar-refractivity contribution in [3.05, 3.63) is 60.8 Å². The van der Waals surface area contributed by atoms with Gasteiger partial charge in [0.1, 0.15) is 25.8 Å². The molecule has 0 spiro atoms. The predicted octanol–water partition coefficient (Wildman–Crippen LogP) is 9.93. The number of unbranched alkanes of at least 4 members (excludes halogenated alkanes) is 14. The molecular weight excluding hydrogens is 856 g/mol. The Morgan fingerprint density at radius 2 is 1.31 bits per heavy atom. The van der Waals surface area contributed by atoms with Crippen molar-refractivity contribution in [3.63, 3.8) is 0 Å². The van der Waals surface area contributed by atoms with E-state index in [1.54, 1.807) is 12.2 Å². The molecule has 0 heterocycles. The van der Waals surface area contributed by atoms with Crippen LogP contribution in [0.1, 0.15) is 155 Å². The standard InChI is InChI=1S/C49H87N2O11PS/c1-6-8-10-12-14-16-18-20-21-22-24-26-28-30-32-37-48(55)59-40-43(41-61-63(57,58)60-39-38-51(3,4)5)62-49(56)44(50)42-64-46(45(52)34-33-36-47(53)54)35-31-29-27-25-23-19-17-15-13-11-9-7-2/h15,17,20-21,23,25,27,29,31,35,43-46,52H,6-14,16,18-19,22,24,26,28,30,32-34,36-42,50H2,1-5H3,(H-,53,54,57,58)/b17-15-,21-20-,25-23-,29-27+,35-31+/t43-,44+,45+,46-/m1/s1. The zero-order valence-electron chi connectivity index (χ0n) is 40.1. The maximum atomic E-state index is 13.2. The fourth-order valence-electron chi connectivity index (χ4n) is 6.07. The van der Waals surface area contributed by atoms with Gasteiger partial charge in [0.2, 0.25) is 0 Å². The highest BCUT2D eigenvalue weighted by molar-refractivity contribution is 8.00. The summed E-state index contributed by atoms with van der Waals surface area (Å²) in [6.07, 6.45) is 38.6. The summed E-state index contributed by atoms with van der Waals surface area (Å²) < 4.78 is 34.0. The number of aliphatic carboxylic acids is 1. The number of likely N-dealkylation sites (N-methyl/N-ethyl adjacent to an activating group) is 1. The van der Waals surface area contributed by atoms with Crippen LogP contribution in [0.4, 0.5) is 0 Å². The van der Waals surface area contributed by atoms with Gasteiger partial charge < -0.3 is 43.8 Å². The monoisotopic (exact) mass is 943 g/mol. The van der Waals surface area contributed by atoms with Crippen molar-refractivity contribution in [2.24, 2.45) is 5.73 Å². The molecule has 64 heavy (non-hydrogen) atoms. The highest BCUT2D eigenvalue weighted by Gasteiger charge is 2.26. The molecule has 0 rings (SSSR count). The van der Waals surface area contributed by atoms with Crippen LogP contribution in [0, 0.1) is 0 Å². The molecule has 370 valence electrons. The summed E-state index contributed by atoms with van der Waals surface area (Å²) in [5.41, 5.74) is 6.23. The molecule has 0 aliphatic carbocycles. The average Bonchev–Trinajstić information content (AvgIpc) is 3.23. The normalized spacial score (nSPS) is 15.4. The number of phosphoric acid groups is 1. The molecule has 0 aromatic rings. The van der Waals surface area contributed by atoms with Crippen LogP contribution in [0.3, 0.4) is 0 Å². The van der Waals surface area contributed by atoms with Gasteiger partial charge in [0.25, 0.3) is 7.82 Å². The summed E-state index contributed by atoms with van der Waals surface area (Å²) in [4.78, 5) is 49.5. The third-order valence-electron chi connectivity index (χ3n) is 10.0. The second-order valence-electron chi connectivity index (χ2n) is 17.3. The van der Waals surface area contributed by atoms with Gasteiger partial charge in [-0.2, -0.15) is 0 Å². The smallest absolute Gasteiger partial charge is 0.324 e. The third-order valence-corrected chi connectivity index (χ3v) is 12.4. The van der Waals surface area contributed by atoms with Gasteiger partial charge in [-0.1, -0.05) is 139 Å². The SMILES string of the molecule is CCCCC/C=C\C\C=C/C=C/C=C/[C@@H](SC[C@H](N)C(=O)O[C@H](COC(=O)CCCCCCC/C=C\CCCCCCCC)COP(=O)([O-])OCC[N+](C)(C)C)[C@@H](O)CCCC(=O)O. The van der Waals surface area contributed by atoms with E-state index in [-0.39, 0.29) is 38.0 Å². The molecule has 0 aromatic carbocycles. The Balaban J connectivity index is 5.26. The van der Waals surface area contributed by atoms with Crippen LogP contribution in [0.25, 0.3) is 0 Å². The quantitative estimate of drug-likeness (QED) is 0.0131. The van der Waals surface area contributed by atoms with E-state index < -0.39 is 62.4 Å². The van der Waals surface area contributed by atoms with Crippen molar-refractivity contribution in [3.8, 4) is 0 Å². The van der Waals surface area contributed by atoms with Crippen LogP contribution in [0.2, 0.25) is 0 Å². The molecule has 13 nitrogen and oxygen atoms in total. The second kappa shape index (κ2) is 40.7. The fraction of sp³-hybridized carbons (Fsp3) is 0.735. The Bertz CT molecular complexity index is 1400. The minimum absolute atomic E-state index is 0.00902. The molecule has 0 aliphatic rings. The topological polar surface area (TPSA) is 195 Å². The predicted molar refractivity (Wildman–Crippen MR) is 260 cm³/mol. The highest BCUT2D eigenvalue weighted by Crippen LogP contribution is 2.38. The molecular formula is C49H87N2O11PS. The number of carbonyl (C=O) groups excluding carboxylic acids is 2. The van der Waals surface area contributed by atoms with E-state index in [4.69, 9.17) is 29.4 Å². The molecule has 0 saturated carbocycles. The van der Waals surface area contributed by atoms with Crippen LogP contribution in [0.15, 0.2) is 60.8 Å². The van der Waals surface area contributed by atoms with Gasteiger partial charge in [0, 0.05) is 23.8 Å². The summed E-state index contributed by atoms with van der Waals surface area (Å²) in [7, 11) is 0.855. The molecule has 0 saturated heterocycles. The van der Waals surface area contributed by atoms with E-state index >= 15 is 0 Å². The minimum atomic E-state index is -4.79. The first-order valence-electron chi connectivity index (χ1n) is 23.9. The first kappa shape index (κ1) is 61.5. The minimum Gasteiger partial charge on any atom is -0.756 e. The number of thioether (sulfide) groups is 1. The van der Waals surface area contributed by atoms with Crippen molar-refractivity contribution < 1.29 is 57.1 Å². The van der Waals surface area contributed by atoms with E-state index in [9.17, 15) is 28.9 Å². The number of nitrogens with zero attached hydrogens (tertiary/aromatic N) is 1. The van der Waals surface area contributed by atoms with Crippen LogP contribution in [0.5, 0.6) is 0 Å². The number of allylic oxidation sites excluding steroid dienone is 9. The fourth-order valence-corrected chi connectivity index (χ4v) is 7.93. The number of rotatable bonds is 43. The summed E-state index contributed by atoms with van der Waals surface area (Å²) in [5, 5.41) is 19.5. The Morgan fingerprint density at radius 3 is 1.95 bits per heavy atom. The first-order valence-corrected chi connectivity index (χ1v) is 26.4. The van der Waals surface area contributed by atoms with Gasteiger partial charge in [-0.25, -0.2) is 0 Å². The van der Waals surface area contributed by atoms with Gasteiger partial charge in [0.15, 0.2) is 6.10 Å². The maximum Gasteiger partial charge on any atom is 0.324 e. The van der Waals surface area contributed by atoms with Crippen LogP contribution >= 0.6 is 19.6 Å². The molecule has 5 atom stereocenters. The zero-order chi connectivity index (χ0) is 47.7. The van der Waals surface area contributed by atoms with E-state index in [0.29, 0.717) is 17.4 Å². The Labute approximate surface area is 391 Å². The number of hydrogen-bond donors (Lipinski definition) is 3. The summed E-state index contributed by atoms with van der Waals surface area (Å²) in [5.74, 6) is -2.34. The van der Waals surface area contributed by atoms with Crippen LogP contribution < -0.4 is 10.6 Å². The van der Waals surface area contributed by atoms with Gasteiger partial charge in [-0.15, -0.1) is 11.8 Å². The van der Waals surface area contributed by atoms with E-state index in [1.807, 2.05) is 45.4 Å². The number of aliphatic hydroxyl groups excluding tert-OH is 1. The Hall–Kier alpha value is -2.55. The number of carbonyl (C=O) groups is 3. The van der Waals surface area contributed by atoms with Crippen LogP contribution in [-0.4, -0.2) is 109 Å². The molecule has 0 amide bonds. The molecule has 15 heteroatoms. The van der Waals surface area contributed by atoms with E-state index in [0.717, 1.165) is 51.4 Å².